The van der Waals surface area contributed by atoms with Crippen LogP contribution in [0.3, 0.4) is 0 Å². The van der Waals surface area contributed by atoms with Crippen LogP contribution in [0.25, 0.3) is 0 Å². The monoisotopic (exact) mass is 233 g/mol. The molecule has 0 aliphatic rings. The van der Waals surface area contributed by atoms with Crippen molar-refractivity contribution in [1.29, 1.82) is 0 Å². The number of nitrogens with zero attached hydrogens (tertiary/aromatic N) is 1. The second-order valence-electron chi connectivity index (χ2n) is 2.84. The number of nitro groups is 1. The molecule has 1 rings (SSSR count). The molecular weight excluding hydrogens is 226 g/mol. The smallest absolute Gasteiger partial charge is 0.274 e. The van der Waals surface area contributed by atoms with Gasteiger partial charge < -0.3 is 10.2 Å². The Morgan fingerprint density at radius 1 is 1.33 bits per heavy atom. The molecule has 0 unspecified atom stereocenters. The number of non-ortho nitro benzene ring substituents is 1. The van der Waals surface area contributed by atoms with E-state index in [1.807, 2.05) is 0 Å². The van der Waals surface area contributed by atoms with Gasteiger partial charge in [-0.2, -0.15) is 0 Å². The Hall–Kier alpha value is -1.83. The van der Waals surface area contributed by atoms with Gasteiger partial charge in [-0.1, -0.05) is 0 Å². The lowest BCUT2D eigenvalue weighted by Gasteiger charge is -2.03. The van der Waals surface area contributed by atoms with Crippen LogP contribution in [0.4, 0.5) is 5.69 Å². The molecule has 0 saturated carbocycles. The number of aromatic hydroxyl groups is 2. The molecule has 0 atom stereocenters. The molecule has 0 fully saturated rings. The molecule has 2 N–H and O–H groups in total. The average Bonchev–Trinajstić information content (AvgIpc) is 2.06. The molecule has 0 radical (unpaired) electrons. The fourth-order valence-electron chi connectivity index (χ4n) is 0.967. The maximum atomic E-state index is 11.1. The molecule has 0 bridgehead atoms. The van der Waals surface area contributed by atoms with E-state index in [2.05, 4.69) is 0 Å². The van der Waals surface area contributed by atoms with Crippen LogP contribution in [0.2, 0.25) is 0 Å². The fraction of sp³-hybridized carbons (Fsp3) is 0.143. The van der Waals surface area contributed by atoms with Gasteiger partial charge in [0.1, 0.15) is 4.90 Å². The van der Waals surface area contributed by atoms with Crippen LogP contribution in [-0.2, 0) is 9.84 Å². The maximum Gasteiger partial charge on any atom is 0.274 e. The summed E-state index contributed by atoms with van der Waals surface area (Å²) < 4.78 is 22.2. The zero-order valence-corrected chi connectivity index (χ0v) is 8.35. The average molecular weight is 233 g/mol. The lowest BCUT2D eigenvalue weighted by molar-refractivity contribution is -0.385. The first-order valence-electron chi connectivity index (χ1n) is 3.64. The highest BCUT2D eigenvalue weighted by atomic mass is 32.2. The number of phenols is 2. The molecule has 0 heterocycles. The van der Waals surface area contributed by atoms with Crippen molar-refractivity contribution in [3.05, 3.63) is 22.2 Å². The van der Waals surface area contributed by atoms with Crippen molar-refractivity contribution < 1.29 is 23.6 Å². The van der Waals surface area contributed by atoms with Crippen LogP contribution < -0.4 is 0 Å². The van der Waals surface area contributed by atoms with Gasteiger partial charge in [-0.25, -0.2) is 8.42 Å². The van der Waals surface area contributed by atoms with Gasteiger partial charge in [0.2, 0.25) is 0 Å². The zero-order valence-electron chi connectivity index (χ0n) is 7.54. The van der Waals surface area contributed by atoms with Gasteiger partial charge in [-0.15, -0.1) is 0 Å². The molecule has 82 valence electrons. The second kappa shape index (κ2) is 3.39. The highest BCUT2D eigenvalue weighted by Crippen LogP contribution is 2.36. The van der Waals surface area contributed by atoms with E-state index in [9.17, 15) is 23.6 Å². The minimum Gasteiger partial charge on any atom is -0.504 e. The predicted octanol–water partition coefficient (Wildman–Crippen LogP) is 0.410. The Morgan fingerprint density at radius 2 is 1.87 bits per heavy atom. The number of rotatable bonds is 2. The molecule has 0 aromatic heterocycles. The molecule has 8 heteroatoms. The topological polar surface area (TPSA) is 118 Å². The highest BCUT2D eigenvalue weighted by Gasteiger charge is 2.21. The quantitative estimate of drug-likeness (QED) is 0.434. The second-order valence-corrected chi connectivity index (χ2v) is 4.83. The van der Waals surface area contributed by atoms with Crippen LogP contribution >= 0.6 is 0 Å². The van der Waals surface area contributed by atoms with E-state index in [0.29, 0.717) is 12.1 Å². The van der Waals surface area contributed by atoms with Crippen LogP contribution in [0, 0.1) is 10.1 Å². The molecule has 15 heavy (non-hydrogen) atoms. The van der Waals surface area contributed by atoms with Gasteiger partial charge in [0, 0.05) is 12.3 Å². The van der Waals surface area contributed by atoms with Crippen molar-refractivity contribution in [2.45, 2.75) is 4.90 Å². The van der Waals surface area contributed by atoms with Gasteiger partial charge >= 0.3 is 0 Å². The summed E-state index contributed by atoms with van der Waals surface area (Å²) in [6, 6.07) is 1.36. The van der Waals surface area contributed by atoms with Crippen molar-refractivity contribution in [2.24, 2.45) is 0 Å². The first kappa shape index (κ1) is 11.2. The third-order valence-corrected chi connectivity index (χ3v) is 2.76. The van der Waals surface area contributed by atoms with E-state index >= 15 is 0 Å². The third kappa shape index (κ3) is 2.15. The largest absolute Gasteiger partial charge is 0.504 e. The van der Waals surface area contributed by atoms with Gasteiger partial charge in [0.25, 0.3) is 5.69 Å². The summed E-state index contributed by atoms with van der Waals surface area (Å²) in [7, 11) is -3.83. The summed E-state index contributed by atoms with van der Waals surface area (Å²) in [5.41, 5.74) is -0.606. The fourth-order valence-corrected chi connectivity index (χ4v) is 1.76. The lowest BCUT2D eigenvalue weighted by Crippen LogP contribution is -1.99. The summed E-state index contributed by atoms with van der Waals surface area (Å²) in [5, 5.41) is 28.6. The van der Waals surface area contributed by atoms with E-state index in [4.69, 9.17) is 5.11 Å². The number of benzene rings is 1. The lowest BCUT2D eigenvalue weighted by atomic mass is 10.3. The number of nitro benzene ring substituents is 1. The minimum absolute atomic E-state index is 0.606. The molecular formula is C7H7NO6S. The molecule has 0 aliphatic heterocycles. The SMILES string of the molecule is CS(=O)(=O)c1cc([N+](=O)[O-])cc(O)c1O. The normalized spacial score (nSPS) is 11.3. The Bertz CT molecular complexity index is 521. The van der Waals surface area contributed by atoms with Crippen LogP contribution in [0.1, 0.15) is 0 Å². The van der Waals surface area contributed by atoms with Gasteiger partial charge in [-0.3, -0.25) is 10.1 Å². The van der Waals surface area contributed by atoms with Crippen molar-refractivity contribution in [3.8, 4) is 11.5 Å². The van der Waals surface area contributed by atoms with E-state index in [1.54, 1.807) is 0 Å². The van der Waals surface area contributed by atoms with Gasteiger partial charge in [0.15, 0.2) is 21.3 Å². The molecule has 0 spiro atoms. The van der Waals surface area contributed by atoms with Crippen LogP contribution in [0.5, 0.6) is 11.5 Å². The van der Waals surface area contributed by atoms with Crippen LogP contribution in [-0.4, -0.2) is 29.8 Å². The predicted molar refractivity (Wildman–Crippen MR) is 49.5 cm³/mol. The number of phenolic OH excluding ortho intramolecular Hbond substituents is 2. The molecule has 7 nitrogen and oxygen atoms in total. The van der Waals surface area contributed by atoms with Crippen molar-refractivity contribution in [1.82, 2.24) is 0 Å². The Kier molecular flexibility index (Phi) is 2.54. The van der Waals surface area contributed by atoms with E-state index in [0.717, 1.165) is 6.26 Å². The van der Waals surface area contributed by atoms with Crippen molar-refractivity contribution in [2.75, 3.05) is 6.26 Å². The number of hydrogen-bond donors (Lipinski definition) is 2. The Labute approximate surface area is 84.7 Å². The first-order chi connectivity index (χ1) is 6.73. The summed E-state index contributed by atoms with van der Waals surface area (Å²) in [6.07, 6.45) is 0.769. The van der Waals surface area contributed by atoms with E-state index in [1.165, 1.54) is 0 Å². The van der Waals surface area contributed by atoms with Gasteiger partial charge in [0.05, 0.1) is 11.0 Å². The minimum atomic E-state index is -3.83. The Morgan fingerprint density at radius 3 is 2.27 bits per heavy atom. The summed E-state index contributed by atoms with van der Waals surface area (Å²) in [6.45, 7) is 0. The highest BCUT2D eigenvalue weighted by molar-refractivity contribution is 7.90. The first-order valence-corrected chi connectivity index (χ1v) is 5.53. The van der Waals surface area contributed by atoms with Crippen molar-refractivity contribution in [3.63, 3.8) is 0 Å². The van der Waals surface area contributed by atoms with E-state index in [-0.39, 0.29) is 0 Å². The van der Waals surface area contributed by atoms with E-state index < -0.39 is 36.8 Å². The molecule has 1 aromatic carbocycles. The maximum absolute atomic E-state index is 11.1. The molecule has 0 saturated heterocycles. The standard InChI is InChI=1S/C7H7NO6S/c1-15(13,14)6-3-4(8(11)12)2-5(9)7(6)10/h2-3,9-10H,1H3. The zero-order chi connectivity index (χ0) is 11.8. The summed E-state index contributed by atoms with van der Waals surface area (Å²) >= 11 is 0. The molecule has 1 aromatic rings. The molecule has 0 amide bonds. The van der Waals surface area contributed by atoms with Gasteiger partial charge in [-0.05, 0) is 0 Å². The summed E-state index contributed by atoms with van der Waals surface area (Å²) in [5.74, 6) is -1.73. The third-order valence-electron chi connectivity index (χ3n) is 1.65. The summed E-state index contributed by atoms with van der Waals surface area (Å²) in [4.78, 5) is 8.82. The molecule has 0 aliphatic carbocycles. The Balaban J connectivity index is 3.59. The number of sulfone groups is 1. The van der Waals surface area contributed by atoms with Crippen molar-refractivity contribution >= 4 is 15.5 Å². The number of hydrogen-bond acceptors (Lipinski definition) is 6. The van der Waals surface area contributed by atoms with Crippen LogP contribution in [0.15, 0.2) is 17.0 Å².